The highest BCUT2D eigenvalue weighted by atomic mass is 127. The maximum atomic E-state index is 12.9. The van der Waals surface area contributed by atoms with Gasteiger partial charge in [-0.2, -0.15) is 0 Å². The van der Waals surface area contributed by atoms with Crippen molar-refractivity contribution in [1.29, 1.82) is 0 Å². The largest absolute Gasteiger partial charge is 0.325 e. The van der Waals surface area contributed by atoms with E-state index >= 15 is 0 Å². The number of benzene rings is 1. The monoisotopic (exact) mass is 419 g/mol. The summed E-state index contributed by atoms with van der Waals surface area (Å²) in [5.74, 6) is 0.492. The van der Waals surface area contributed by atoms with Crippen molar-refractivity contribution in [1.82, 2.24) is 4.90 Å². The predicted molar refractivity (Wildman–Crippen MR) is 98.1 cm³/mol. The molecule has 2 unspecified atom stereocenters. The zero-order valence-corrected chi connectivity index (χ0v) is 15.2. The van der Waals surface area contributed by atoms with Gasteiger partial charge < -0.3 is 4.90 Å². The van der Waals surface area contributed by atoms with Crippen LogP contribution in [0.25, 0.3) is 5.57 Å². The van der Waals surface area contributed by atoms with Crippen molar-refractivity contribution in [3.63, 3.8) is 0 Å². The maximum Gasteiger partial charge on any atom is 0.261 e. The second-order valence-electron chi connectivity index (χ2n) is 6.68. The topological polar surface area (TPSA) is 37.4 Å². The highest BCUT2D eigenvalue weighted by molar-refractivity contribution is 14.1. The molecule has 0 N–H and O–H groups in total. The summed E-state index contributed by atoms with van der Waals surface area (Å²) >= 11 is 2.20. The molecule has 2 aliphatic heterocycles. The molecule has 118 valence electrons. The van der Waals surface area contributed by atoms with Gasteiger partial charge in [0.15, 0.2) is 5.78 Å². The van der Waals surface area contributed by atoms with E-state index in [1.807, 2.05) is 11.0 Å². The van der Waals surface area contributed by atoms with Crippen LogP contribution in [0.5, 0.6) is 0 Å². The Hall–Kier alpha value is -1.43. The molecule has 0 aromatic heterocycles. The van der Waals surface area contributed by atoms with Crippen LogP contribution >= 0.6 is 22.6 Å². The lowest BCUT2D eigenvalue weighted by Crippen LogP contribution is -2.56. The van der Waals surface area contributed by atoms with Gasteiger partial charge in [-0.1, -0.05) is 35.9 Å². The van der Waals surface area contributed by atoms with E-state index < -0.39 is 5.54 Å². The van der Waals surface area contributed by atoms with E-state index in [0.29, 0.717) is 6.42 Å². The lowest BCUT2D eigenvalue weighted by molar-refractivity contribution is -0.132. The minimum atomic E-state index is -0.422. The minimum Gasteiger partial charge on any atom is -0.325 e. The van der Waals surface area contributed by atoms with Gasteiger partial charge in [-0.05, 0) is 59.9 Å². The van der Waals surface area contributed by atoms with Crippen molar-refractivity contribution in [2.75, 3.05) is 6.54 Å². The van der Waals surface area contributed by atoms with Crippen LogP contribution in [0.4, 0.5) is 0 Å². The summed E-state index contributed by atoms with van der Waals surface area (Å²) in [5, 5.41) is 0. The van der Waals surface area contributed by atoms with E-state index in [1.165, 1.54) is 5.56 Å². The number of nitrogens with zero attached hydrogens (tertiary/aromatic N) is 1. The molecule has 3 aliphatic rings. The van der Waals surface area contributed by atoms with Gasteiger partial charge in [-0.3, -0.25) is 9.59 Å². The molecule has 2 heterocycles. The summed E-state index contributed by atoms with van der Waals surface area (Å²) in [5.41, 5.74) is 2.98. The van der Waals surface area contributed by atoms with Crippen molar-refractivity contribution in [3.8, 4) is 0 Å². The van der Waals surface area contributed by atoms with Gasteiger partial charge in [0.1, 0.15) is 0 Å². The number of carbonyl (C=O) groups is 2. The number of ketones is 1. The Morgan fingerprint density at radius 3 is 2.70 bits per heavy atom. The van der Waals surface area contributed by atoms with Crippen molar-refractivity contribution in [3.05, 3.63) is 51.1 Å². The molecule has 4 heteroatoms. The fourth-order valence-electron chi connectivity index (χ4n) is 4.31. The van der Waals surface area contributed by atoms with Crippen LogP contribution in [0.3, 0.4) is 0 Å². The van der Waals surface area contributed by atoms with Gasteiger partial charge in [0.2, 0.25) is 0 Å². The number of piperidine rings is 1. The number of hydrogen-bond acceptors (Lipinski definition) is 2. The Labute approximate surface area is 149 Å². The average molecular weight is 419 g/mol. The first-order valence-corrected chi connectivity index (χ1v) is 9.13. The number of amides is 1. The Kier molecular flexibility index (Phi) is 3.48. The summed E-state index contributed by atoms with van der Waals surface area (Å²) in [6, 6.07) is 8.38. The Morgan fingerprint density at radius 1 is 1.22 bits per heavy atom. The normalized spacial score (nSPS) is 29.8. The van der Waals surface area contributed by atoms with E-state index in [4.69, 9.17) is 0 Å². The zero-order chi connectivity index (χ0) is 16.2. The molecule has 1 aliphatic carbocycles. The molecule has 1 aromatic rings. The van der Waals surface area contributed by atoms with Crippen LogP contribution in [0, 0.1) is 12.8 Å². The van der Waals surface area contributed by atoms with Crippen LogP contribution in [0.15, 0.2) is 40.0 Å². The molecule has 0 saturated carbocycles. The van der Waals surface area contributed by atoms with Crippen LogP contribution in [0.2, 0.25) is 0 Å². The van der Waals surface area contributed by atoms with E-state index in [2.05, 4.69) is 53.8 Å². The summed E-state index contributed by atoms with van der Waals surface area (Å²) in [4.78, 5) is 26.8. The standard InChI is InChI=1S/C19H18INO2/c1-12-4-6-13(7-5-12)16-17(20)18(23)21-10-2-3-14-11-15(22)8-9-19(14,16)21/h4-9,14H,2-3,10-11H2,1H3. The minimum absolute atomic E-state index is 0.116. The molecule has 1 saturated heterocycles. The molecular formula is C19H18INO2. The third kappa shape index (κ3) is 2.07. The van der Waals surface area contributed by atoms with Crippen LogP contribution < -0.4 is 0 Å². The van der Waals surface area contributed by atoms with E-state index in [9.17, 15) is 9.59 Å². The van der Waals surface area contributed by atoms with E-state index in [-0.39, 0.29) is 17.6 Å². The van der Waals surface area contributed by atoms with Gasteiger partial charge in [-0.25, -0.2) is 0 Å². The number of halogens is 1. The van der Waals surface area contributed by atoms with Gasteiger partial charge in [-0.15, -0.1) is 0 Å². The molecule has 2 atom stereocenters. The first-order chi connectivity index (χ1) is 11.0. The number of aryl methyl sites for hydroxylation is 1. The molecule has 0 bridgehead atoms. The fraction of sp³-hybridized carbons (Fsp3) is 0.368. The smallest absolute Gasteiger partial charge is 0.261 e. The van der Waals surface area contributed by atoms with Gasteiger partial charge in [0.05, 0.1) is 9.12 Å². The predicted octanol–water partition coefficient (Wildman–Crippen LogP) is 3.66. The molecule has 23 heavy (non-hydrogen) atoms. The highest BCUT2D eigenvalue weighted by Gasteiger charge is 2.56. The highest BCUT2D eigenvalue weighted by Crippen LogP contribution is 2.54. The van der Waals surface area contributed by atoms with Crippen molar-refractivity contribution >= 4 is 39.9 Å². The first kappa shape index (κ1) is 15.1. The van der Waals surface area contributed by atoms with Crippen LogP contribution in [0.1, 0.15) is 30.4 Å². The van der Waals surface area contributed by atoms with Crippen molar-refractivity contribution in [2.45, 2.75) is 31.7 Å². The molecule has 3 nitrogen and oxygen atoms in total. The quantitative estimate of drug-likeness (QED) is 0.652. The molecule has 4 rings (SSSR count). The molecule has 1 aromatic carbocycles. The molecule has 1 spiro atoms. The Bertz CT molecular complexity index is 762. The number of hydrogen-bond donors (Lipinski definition) is 0. The molecule has 1 fully saturated rings. The average Bonchev–Trinajstić information content (AvgIpc) is 2.76. The van der Waals surface area contributed by atoms with Crippen LogP contribution in [-0.2, 0) is 9.59 Å². The lowest BCUT2D eigenvalue weighted by atomic mass is 9.67. The summed E-state index contributed by atoms with van der Waals surface area (Å²) in [7, 11) is 0. The lowest BCUT2D eigenvalue weighted by Gasteiger charge is -2.49. The molecular weight excluding hydrogens is 401 g/mol. The number of allylic oxidation sites excluding steroid dienone is 1. The SMILES string of the molecule is Cc1ccc(C2=C(I)C(=O)N3CCCC4CC(=O)C=CC243)cc1. The molecule has 0 radical (unpaired) electrons. The second-order valence-corrected chi connectivity index (χ2v) is 7.76. The molecule has 1 amide bonds. The third-order valence-corrected chi connectivity index (χ3v) is 6.37. The zero-order valence-electron chi connectivity index (χ0n) is 13.0. The second kappa shape index (κ2) is 5.30. The van der Waals surface area contributed by atoms with Gasteiger partial charge in [0, 0.05) is 18.5 Å². The first-order valence-electron chi connectivity index (χ1n) is 8.05. The maximum absolute atomic E-state index is 12.9. The van der Waals surface area contributed by atoms with Crippen molar-refractivity contribution < 1.29 is 9.59 Å². The van der Waals surface area contributed by atoms with Crippen molar-refractivity contribution in [2.24, 2.45) is 5.92 Å². The third-order valence-electron chi connectivity index (χ3n) is 5.37. The summed E-state index contributed by atoms with van der Waals surface area (Å²) in [6.45, 7) is 2.84. The summed E-state index contributed by atoms with van der Waals surface area (Å²) < 4.78 is 0.803. The fourth-order valence-corrected chi connectivity index (χ4v) is 5.34. The Morgan fingerprint density at radius 2 is 1.96 bits per heavy atom. The number of carbonyl (C=O) groups excluding carboxylic acids is 2. The van der Waals surface area contributed by atoms with Crippen LogP contribution in [-0.4, -0.2) is 28.7 Å². The Balaban J connectivity index is 1.95. The number of rotatable bonds is 1. The van der Waals surface area contributed by atoms with Gasteiger partial charge in [0.25, 0.3) is 5.91 Å². The van der Waals surface area contributed by atoms with E-state index in [1.54, 1.807) is 6.08 Å². The van der Waals surface area contributed by atoms with E-state index in [0.717, 1.165) is 34.1 Å². The van der Waals surface area contributed by atoms with Gasteiger partial charge >= 0.3 is 0 Å². The summed E-state index contributed by atoms with van der Waals surface area (Å²) in [6.07, 6.45) is 6.20.